The minimum Gasteiger partial charge on any atom is -0.458 e. The number of aryl methyl sites for hydroxylation is 7. The predicted molar refractivity (Wildman–Crippen MR) is 456 cm³/mol. The van der Waals surface area contributed by atoms with E-state index in [-0.39, 0.29) is 40.4 Å². The van der Waals surface area contributed by atoms with Gasteiger partial charge in [0.2, 0.25) is 0 Å². The summed E-state index contributed by atoms with van der Waals surface area (Å²) in [5.74, 6) is 2.26. The van der Waals surface area contributed by atoms with Crippen LogP contribution in [0.1, 0.15) is 56.5 Å². The van der Waals surface area contributed by atoms with Crippen LogP contribution in [-0.4, -0.2) is 69.1 Å². The third-order valence-electron chi connectivity index (χ3n) is 21.3. The van der Waals surface area contributed by atoms with Gasteiger partial charge in [-0.25, -0.2) is 9.24 Å². The number of fused-ring (bicyclic) bond motifs is 8. The number of ether oxygens (including phenoxy) is 1. The van der Waals surface area contributed by atoms with Crippen molar-refractivity contribution in [3.8, 4) is 34.6 Å². The zero-order valence-corrected chi connectivity index (χ0v) is 64.3. The monoisotopic (exact) mass is 1500 g/mol. The summed E-state index contributed by atoms with van der Waals surface area (Å²) in [5.41, 5.74) is 23.4. The molecule has 14 aromatic rings. The topological polar surface area (TPSA) is 131 Å². The number of hydrogen-bond donors (Lipinski definition) is 3. The molecule has 0 unspecified atom stereocenters. The van der Waals surface area contributed by atoms with Gasteiger partial charge in [0.1, 0.15) is 17.3 Å². The number of hydrogen-bond acceptors (Lipinski definition) is 9. The van der Waals surface area contributed by atoms with E-state index in [4.69, 9.17) is 37.5 Å². The lowest BCUT2D eigenvalue weighted by Crippen LogP contribution is -2.26. The van der Waals surface area contributed by atoms with Crippen LogP contribution in [0.15, 0.2) is 264 Å². The largest absolute Gasteiger partial charge is 0.458 e. The van der Waals surface area contributed by atoms with Gasteiger partial charge in [0.05, 0.1) is 42.4 Å². The molecule has 3 aromatic heterocycles. The van der Waals surface area contributed by atoms with E-state index in [9.17, 15) is 19.5 Å². The standard InChI is InChI=1S/C23H20BNOS.C20H19BN2OS.C16H13BClNO.C16H16BFO.C15H12BNO2/c1-16-7-10-22-20(13-16)23(27-19-5-3-2-4-6-19)15-25(22)18-9-8-17-11-12-24(26)21(17)14-18;1-14-3-6-19-17(11-14)20(25-10-2-9-22)13-23(19)16-5-4-15-7-8-21(24)18(15)12-16;18-13-2-4-16-12(9-13)6-8-19(16)14-3-1-11-5-7-17(20)15(11)10-14;1-17-15-9-13(16(18)10-14(15)11-19-17)8-7-12-5-3-2-4-6-12;1-16-15-11(10-18-16)4-3-5-14(15)19-13-8-6-12(17-2)7-9-13/h2-10,13-15,26H,11-12H2,1H3;3-6,11-13,24H,2,7-8,10H2,1H3;1-4,6,8-10,20H,5,7H2;2-6,9-10H,7-8,11H2,1H3;3-9H,10H2,1H3. The van der Waals surface area contributed by atoms with Gasteiger partial charge in [0.25, 0.3) is 0 Å². The summed E-state index contributed by atoms with van der Waals surface area (Å²) in [4.78, 5) is 7.06. The maximum absolute atomic E-state index is 14.0. The zero-order chi connectivity index (χ0) is 75.9. The first-order valence-electron chi connectivity index (χ1n) is 37.6. The predicted octanol–water partition coefficient (Wildman–Crippen LogP) is 17.9. The first kappa shape index (κ1) is 75.3. The van der Waals surface area contributed by atoms with Crippen LogP contribution in [0.4, 0.5) is 10.1 Å². The Kier molecular flexibility index (Phi) is 23.3. The Hall–Kier alpha value is -10.1. The molecule has 5 aliphatic heterocycles. The van der Waals surface area contributed by atoms with Crippen molar-refractivity contribution in [1.29, 1.82) is 5.26 Å². The quantitative estimate of drug-likeness (QED) is 0.0447. The Morgan fingerprint density at radius 3 is 1.73 bits per heavy atom. The van der Waals surface area contributed by atoms with E-state index in [2.05, 4.69) is 190 Å². The molecule has 542 valence electrons. The molecule has 0 spiro atoms. The molecule has 0 radical (unpaired) electrons. The smallest absolute Gasteiger partial charge is 0.328 e. The van der Waals surface area contributed by atoms with Gasteiger partial charge in [0.15, 0.2) is 5.69 Å². The Morgan fingerprint density at radius 1 is 0.555 bits per heavy atom. The maximum atomic E-state index is 14.0. The molecule has 11 aromatic carbocycles. The first-order chi connectivity index (χ1) is 53.6. The van der Waals surface area contributed by atoms with E-state index in [1.807, 2.05) is 92.6 Å². The number of benzene rings is 11. The van der Waals surface area contributed by atoms with Crippen molar-refractivity contribution >= 4 is 135 Å². The Morgan fingerprint density at radius 2 is 1.12 bits per heavy atom. The number of halogens is 2. The molecule has 0 saturated heterocycles. The van der Waals surface area contributed by atoms with Gasteiger partial charge in [-0.3, -0.25) is 0 Å². The normalized spacial score (nSPS) is 13.4. The van der Waals surface area contributed by atoms with Gasteiger partial charge in [-0.1, -0.05) is 174 Å². The van der Waals surface area contributed by atoms with Crippen LogP contribution in [0.25, 0.3) is 54.6 Å². The molecule has 0 amide bonds. The van der Waals surface area contributed by atoms with Crippen LogP contribution in [0.3, 0.4) is 0 Å². The summed E-state index contributed by atoms with van der Waals surface area (Å²) in [6, 6.07) is 80.0. The lowest BCUT2D eigenvalue weighted by atomic mass is 9.63. The summed E-state index contributed by atoms with van der Waals surface area (Å²) in [6.07, 6.45) is 14.0. The number of nitrogens with zero attached hydrogens (tertiary/aromatic N) is 5. The summed E-state index contributed by atoms with van der Waals surface area (Å²) in [6.45, 7) is 15.6. The molecule has 0 fully saturated rings. The Balaban J connectivity index is 0.000000110. The van der Waals surface area contributed by atoms with Crippen molar-refractivity contribution < 1.29 is 33.5 Å². The van der Waals surface area contributed by atoms with Crippen molar-refractivity contribution in [3.63, 3.8) is 0 Å². The van der Waals surface area contributed by atoms with E-state index < -0.39 is 0 Å². The SMILES string of the molecule is CB1OCc2cc(F)c(CCc3ccccc3)cc21.Cc1ccc2c(c1)c(SCCC#N)cn2-c1ccc2c(c1)B(O)CC2.Cc1ccc2c(c1)c(Sc1ccccc1)cn2-c1ccc2c(c1)B(O)CC2.OB1CCc2ccc(-n3ccc4cc(Cl)ccc43)cc21.[C-]#[N+]c1ccc(Oc2cccc3c2B(C)OC3)cc1. The summed E-state index contributed by atoms with van der Waals surface area (Å²) in [7, 11) is 0. The van der Waals surface area contributed by atoms with Crippen molar-refractivity contribution in [3.05, 3.63) is 321 Å². The molecule has 20 heteroatoms. The number of thioether (sulfide) groups is 1. The van der Waals surface area contributed by atoms with Gasteiger partial charge in [0, 0.05) is 83.7 Å². The summed E-state index contributed by atoms with van der Waals surface area (Å²) >= 11 is 9.56. The fraction of sp³-hybridized carbons (Fsp3) is 0.178. The molecule has 8 heterocycles. The second kappa shape index (κ2) is 34.0. The fourth-order valence-electron chi connectivity index (χ4n) is 15.4. The van der Waals surface area contributed by atoms with Gasteiger partial charge in [-0.15, -0.1) is 11.8 Å². The van der Waals surface area contributed by atoms with Crippen molar-refractivity contribution in [1.82, 2.24) is 13.7 Å². The van der Waals surface area contributed by atoms with Gasteiger partial charge in [-0.2, -0.15) is 5.26 Å². The van der Waals surface area contributed by atoms with Crippen molar-refractivity contribution in [2.75, 3.05) is 5.75 Å². The fourth-order valence-corrected chi connectivity index (χ4v) is 17.5. The second-order valence-electron chi connectivity index (χ2n) is 28.7. The van der Waals surface area contributed by atoms with Crippen LogP contribution in [0.5, 0.6) is 11.5 Å². The van der Waals surface area contributed by atoms with Gasteiger partial charge in [-0.05, 0) is 236 Å². The lowest BCUT2D eigenvalue weighted by molar-refractivity contribution is 0.333. The molecule has 0 atom stereocenters. The molecular formula is C90H80B5ClFN5O6S2. The van der Waals surface area contributed by atoms with Crippen molar-refractivity contribution in [2.24, 2.45) is 0 Å². The first-order valence-corrected chi connectivity index (χ1v) is 39.8. The third kappa shape index (κ3) is 16.8. The zero-order valence-electron chi connectivity index (χ0n) is 61.9. The van der Waals surface area contributed by atoms with E-state index in [1.54, 1.807) is 41.7 Å². The summed E-state index contributed by atoms with van der Waals surface area (Å²) < 4.78 is 37.7. The highest BCUT2D eigenvalue weighted by atomic mass is 35.5. The van der Waals surface area contributed by atoms with Gasteiger partial charge >= 0.3 is 34.6 Å². The highest BCUT2D eigenvalue weighted by Crippen LogP contribution is 2.39. The average molecular weight is 1500 g/mol. The molecule has 5 aliphatic rings. The van der Waals surface area contributed by atoms with Crippen LogP contribution in [-0.2, 0) is 54.6 Å². The molecule has 0 aliphatic carbocycles. The third-order valence-corrected chi connectivity index (χ3v) is 23.6. The Labute approximate surface area is 658 Å². The molecule has 0 saturated carbocycles. The maximum Gasteiger partial charge on any atom is 0.328 e. The Bertz CT molecular complexity index is 5790. The number of nitriles is 1. The highest BCUT2D eigenvalue weighted by molar-refractivity contribution is 7.99. The van der Waals surface area contributed by atoms with Crippen LogP contribution < -0.4 is 32.1 Å². The minimum atomic E-state index is -0.344. The van der Waals surface area contributed by atoms with Crippen LogP contribution in [0, 0.1) is 37.6 Å². The van der Waals surface area contributed by atoms with E-state index in [0.717, 1.165) is 145 Å². The van der Waals surface area contributed by atoms with E-state index in [0.29, 0.717) is 25.3 Å². The molecule has 110 heavy (non-hydrogen) atoms. The molecule has 11 nitrogen and oxygen atoms in total. The van der Waals surface area contributed by atoms with Gasteiger partial charge < -0.3 is 42.8 Å². The van der Waals surface area contributed by atoms with E-state index >= 15 is 0 Å². The highest BCUT2D eigenvalue weighted by Gasteiger charge is 2.31. The minimum absolute atomic E-state index is 0.0636. The average Bonchev–Trinajstić information content (AvgIpc) is 1.62. The summed E-state index contributed by atoms with van der Waals surface area (Å²) in [5, 5.41) is 43.7. The van der Waals surface area contributed by atoms with Crippen molar-refractivity contribution in [2.45, 2.75) is 113 Å². The molecular weight excluding hydrogens is 1420 g/mol. The molecule has 3 N–H and O–H groups in total. The molecule has 0 bridgehead atoms. The second-order valence-corrected chi connectivity index (χ2v) is 31.4. The number of aromatic nitrogens is 3. The molecule has 19 rings (SSSR count). The van der Waals surface area contributed by atoms with Crippen LogP contribution in [0.2, 0.25) is 37.6 Å². The van der Waals surface area contributed by atoms with E-state index in [1.165, 1.54) is 69.9 Å². The number of rotatable bonds is 13. The lowest BCUT2D eigenvalue weighted by Gasteiger charge is -2.11. The van der Waals surface area contributed by atoms with Crippen LogP contribution >= 0.6 is 35.1 Å².